The summed E-state index contributed by atoms with van der Waals surface area (Å²) in [4.78, 5) is 20.4. The van der Waals surface area contributed by atoms with Crippen molar-refractivity contribution in [1.82, 2.24) is 9.97 Å². The lowest BCUT2D eigenvalue weighted by atomic mass is 9.95. The van der Waals surface area contributed by atoms with Crippen molar-refractivity contribution in [2.75, 3.05) is 5.32 Å². The molecule has 1 aromatic carbocycles. The minimum atomic E-state index is -0.513. The maximum atomic E-state index is 12.1. The van der Waals surface area contributed by atoms with E-state index in [0.29, 0.717) is 22.4 Å². The molecule has 0 spiro atoms. The predicted octanol–water partition coefficient (Wildman–Crippen LogP) is 3.58. The Morgan fingerprint density at radius 2 is 2.04 bits per heavy atom. The van der Waals surface area contributed by atoms with Gasteiger partial charge in [0.2, 0.25) is 11.8 Å². The van der Waals surface area contributed by atoms with Gasteiger partial charge in [-0.15, -0.1) is 0 Å². The number of phenols is 1. The number of pyridine rings is 1. The summed E-state index contributed by atoms with van der Waals surface area (Å²) < 4.78 is 5.64. The summed E-state index contributed by atoms with van der Waals surface area (Å²) >= 11 is 0. The molecule has 1 amide bonds. The van der Waals surface area contributed by atoms with Crippen LogP contribution in [-0.4, -0.2) is 21.0 Å². The number of fused-ring (bicyclic) bond motifs is 1. The van der Waals surface area contributed by atoms with Crippen molar-refractivity contribution < 1.29 is 14.3 Å². The molecule has 2 heterocycles. The van der Waals surface area contributed by atoms with Gasteiger partial charge in [-0.3, -0.25) is 9.78 Å². The molecule has 0 aliphatic heterocycles. The number of carbonyl (C=O) groups excluding carboxylic acids is 1. The van der Waals surface area contributed by atoms with Crippen LogP contribution in [0.15, 0.2) is 41.1 Å². The normalized spacial score (nSPS) is 11.6. The Labute approximate surface area is 133 Å². The predicted molar refractivity (Wildman–Crippen MR) is 87.0 cm³/mol. The average Bonchev–Trinajstić information content (AvgIpc) is 2.91. The van der Waals surface area contributed by atoms with Crippen molar-refractivity contribution in [3.63, 3.8) is 0 Å². The van der Waals surface area contributed by atoms with Gasteiger partial charge in [-0.1, -0.05) is 20.8 Å². The van der Waals surface area contributed by atoms with Gasteiger partial charge in [0.1, 0.15) is 11.3 Å². The van der Waals surface area contributed by atoms with Crippen LogP contribution in [0.1, 0.15) is 20.8 Å². The van der Waals surface area contributed by atoms with E-state index in [-0.39, 0.29) is 17.5 Å². The Hall–Kier alpha value is -2.89. The summed E-state index contributed by atoms with van der Waals surface area (Å²) in [6.45, 7) is 5.49. The fourth-order valence-electron chi connectivity index (χ4n) is 2.00. The van der Waals surface area contributed by atoms with Crippen molar-refractivity contribution in [1.29, 1.82) is 0 Å². The van der Waals surface area contributed by atoms with E-state index in [4.69, 9.17) is 4.42 Å². The minimum absolute atomic E-state index is 0.0262. The van der Waals surface area contributed by atoms with E-state index in [1.807, 2.05) is 20.8 Å². The lowest BCUT2D eigenvalue weighted by Gasteiger charge is -2.18. The van der Waals surface area contributed by atoms with Crippen molar-refractivity contribution in [3.05, 3.63) is 36.7 Å². The maximum Gasteiger partial charge on any atom is 0.231 e. The van der Waals surface area contributed by atoms with Crippen LogP contribution in [0.5, 0.6) is 5.75 Å². The van der Waals surface area contributed by atoms with Gasteiger partial charge in [0.25, 0.3) is 0 Å². The molecule has 0 bridgehead atoms. The monoisotopic (exact) mass is 311 g/mol. The molecule has 0 radical (unpaired) electrons. The first-order valence-electron chi connectivity index (χ1n) is 7.20. The number of aromatic nitrogens is 2. The SMILES string of the molecule is CC(C)(C)C(=O)Nc1ccc(O)c(-c2nc3cnccc3o2)c1. The molecule has 0 unspecified atom stereocenters. The summed E-state index contributed by atoms with van der Waals surface area (Å²) in [6.07, 6.45) is 3.20. The van der Waals surface area contributed by atoms with E-state index in [0.717, 1.165) is 0 Å². The molecule has 0 saturated heterocycles. The number of aromatic hydroxyl groups is 1. The highest BCUT2D eigenvalue weighted by Crippen LogP contribution is 2.33. The van der Waals surface area contributed by atoms with Gasteiger partial charge in [-0.05, 0) is 18.2 Å². The van der Waals surface area contributed by atoms with Crippen LogP contribution in [-0.2, 0) is 4.79 Å². The maximum absolute atomic E-state index is 12.1. The van der Waals surface area contributed by atoms with Crippen molar-refractivity contribution in [3.8, 4) is 17.2 Å². The van der Waals surface area contributed by atoms with Gasteiger partial charge < -0.3 is 14.8 Å². The van der Waals surface area contributed by atoms with Gasteiger partial charge in [0.15, 0.2) is 5.58 Å². The van der Waals surface area contributed by atoms with Crippen LogP contribution in [0.25, 0.3) is 22.6 Å². The van der Waals surface area contributed by atoms with E-state index in [2.05, 4.69) is 15.3 Å². The number of anilines is 1. The van der Waals surface area contributed by atoms with E-state index in [1.165, 1.54) is 6.07 Å². The summed E-state index contributed by atoms with van der Waals surface area (Å²) in [6, 6.07) is 6.47. The van der Waals surface area contributed by atoms with E-state index in [1.54, 1.807) is 30.6 Å². The molecule has 0 aliphatic rings. The number of benzene rings is 1. The third-order valence-electron chi connectivity index (χ3n) is 3.36. The quantitative estimate of drug-likeness (QED) is 0.706. The molecular weight excluding hydrogens is 294 g/mol. The Morgan fingerprint density at radius 3 is 2.74 bits per heavy atom. The number of carbonyl (C=O) groups is 1. The second-order valence-corrected chi connectivity index (χ2v) is 6.30. The van der Waals surface area contributed by atoms with Gasteiger partial charge >= 0.3 is 0 Å². The van der Waals surface area contributed by atoms with E-state index in [9.17, 15) is 9.90 Å². The van der Waals surface area contributed by atoms with Gasteiger partial charge in [0, 0.05) is 23.4 Å². The number of nitrogens with zero attached hydrogens (tertiary/aromatic N) is 2. The van der Waals surface area contributed by atoms with E-state index < -0.39 is 5.41 Å². The molecule has 6 nitrogen and oxygen atoms in total. The minimum Gasteiger partial charge on any atom is -0.507 e. The van der Waals surface area contributed by atoms with Crippen LogP contribution < -0.4 is 5.32 Å². The highest BCUT2D eigenvalue weighted by Gasteiger charge is 2.22. The van der Waals surface area contributed by atoms with Crippen LogP contribution >= 0.6 is 0 Å². The smallest absolute Gasteiger partial charge is 0.231 e. The molecular formula is C17H17N3O3. The van der Waals surface area contributed by atoms with Crippen LogP contribution in [0.3, 0.4) is 0 Å². The summed E-state index contributed by atoms with van der Waals surface area (Å²) in [7, 11) is 0. The highest BCUT2D eigenvalue weighted by atomic mass is 16.3. The van der Waals surface area contributed by atoms with Crippen LogP contribution in [0.2, 0.25) is 0 Å². The highest BCUT2D eigenvalue weighted by molar-refractivity contribution is 5.95. The molecule has 0 aliphatic carbocycles. The number of rotatable bonds is 2. The molecule has 2 N–H and O–H groups in total. The summed E-state index contributed by atoms with van der Waals surface area (Å²) in [5.41, 5.74) is 1.65. The zero-order valence-corrected chi connectivity index (χ0v) is 13.1. The molecule has 3 aromatic rings. The Bertz CT molecular complexity index is 845. The molecule has 23 heavy (non-hydrogen) atoms. The lowest BCUT2D eigenvalue weighted by Crippen LogP contribution is -2.27. The number of amides is 1. The first-order valence-corrected chi connectivity index (χ1v) is 7.20. The number of hydrogen-bond acceptors (Lipinski definition) is 5. The zero-order chi connectivity index (χ0) is 16.6. The Balaban J connectivity index is 1.99. The Morgan fingerprint density at radius 1 is 1.26 bits per heavy atom. The van der Waals surface area contributed by atoms with Crippen molar-refractivity contribution in [2.45, 2.75) is 20.8 Å². The van der Waals surface area contributed by atoms with E-state index >= 15 is 0 Å². The summed E-state index contributed by atoms with van der Waals surface area (Å²) in [5, 5.41) is 12.9. The number of oxazole rings is 1. The van der Waals surface area contributed by atoms with Gasteiger partial charge in [-0.2, -0.15) is 0 Å². The molecule has 2 aromatic heterocycles. The molecule has 0 saturated carbocycles. The first kappa shape index (κ1) is 15.0. The fraction of sp³-hybridized carbons (Fsp3) is 0.235. The zero-order valence-electron chi connectivity index (χ0n) is 13.1. The van der Waals surface area contributed by atoms with Crippen LogP contribution in [0.4, 0.5) is 5.69 Å². The third-order valence-corrected chi connectivity index (χ3v) is 3.36. The average molecular weight is 311 g/mol. The number of nitrogens with one attached hydrogen (secondary N) is 1. The van der Waals surface area contributed by atoms with Gasteiger partial charge in [0.05, 0.1) is 11.8 Å². The second-order valence-electron chi connectivity index (χ2n) is 6.30. The van der Waals surface area contributed by atoms with Crippen molar-refractivity contribution >= 4 is 22.7 Å². The topological polar surface area (TPSA) is 88.2 Å². The molecule has 0 atom stereocenters. The lowest BCUT2D eigenvalue weighted by molar-refractivity contribution is -0.123. The third kappa shape index (κ3) is 3.01. The largest absolute Gasteiger partial charge is 0.507 e. The number of hydrogen-bond donors (Lipinski definition) is 2. The molecule has 118 valence electrons. The molecule has 6 heteroatoms. The fourth-order valence-corrected chi connectivity index (χ4v) is 2.00. The van der Waals surface area contributed by atoms with Crippen molar-refractivity contribution in [2.24, 2.45) is 5.41 Å². The first-order chi connectivity index (χ1) is 10.8. The summed E-state index contributed by atoms with van der Waals surface area (Å²) in [5.74, 6) is 0.187. The van der Waals surface area contributed by atoms with Crippen LogP contribution in [0, 0.1) is 5.41 Å². The number of phenolic OH excluding ortho intramolecular Hbond substituents is 1. The second kappa shape index (κ2) is 5.39. The van der Waals surface area contributed by atoms with Gasteiger partial charge in [-0.25, -0.2) is 4.98 Å². The Kier molecular flexibility index (Phi) is 3.52. The molecule has 0 fully saturated rings. The molecule has 3 rings (SSSR count). The standard InChI is InChI=1S/C17H17N3O3/c1-17(2,3)16(22)19-10-4-5-13(21)11(8-10)15-20-12-9-18-7-6-14(12)23-15/h4-9,21H,1-3H3,(H,19,22).